The number of carbonyl (C=O) groups is 2. The molecule has 1 unspecified atom stereocenters. The number of hydrogen-bond acceptors (Lipinski definition) is 4. The zero-order chi connectivity index (χ0) is 18.0. The molecule has 130 valence electrons. The Morgan fingerprint density at radius 3 is 2.46 bits per heavy atom. The van der Waals surface area contributed by atoms with Gasteiger partial charge in [0.25, 0.3) is 0 Å². The van der Waals surface area contributed by atoms with Crippen LogP contribution in [0.1, 0.15) is 25.3 Å². The monoisotopic (exact) mass is 332 g/mol. The van der Waals surface area contributed by atoms with Crippen LogP contribution in [0.3, 0.4) is 0 Å². The van der Waals surface area contributed by atoms with E-state index in [1.165, 1.54) is 30.7 Å². The molecule has 0 radical (unpaired) electrons. The molecular formula is C18H24N2O4. The van der Waals surface area contributed by atoms with Gasteiger partial charge in [0, 0.05) is 12.1 Å². The summed E-state index contributed by atoms with van der Waals surface area (Å²) in [5.74, 6) is 3.08. The average molecular weight is 332 g/mol. The molecule has 0 spiro atoms. The smallest absolute Gasteiger partial charge is 0.331 e. The summed E-state index contributed by atoms with van der Waals surface area (Å²) in [6.07, 6.45) is 6.63. The van der Waals surface area contributed by atoms with Crippen LogP contribution in [0, 0.1) is 5.41 Å². The van der Waals surface area contributed by atoms with Crippen LogP contribution in [0.5, 0.6) is 0 Å². The first-order valence-electron chi connectivity index (χ1n) is 7.71. The second-order valence-electron chi connectivity index (χ2n) is 5.80. The van der Waals surface area contributed by atoms with Crippen molar-refractivity contribution < 1.29 is 19.8 Å². The Morgan fingerprint density at radius 2 is 1.92 bits per heavy atom. The molecular weight excluding hydrogens is 308 g/mol. The molecule has 1 aliphatic rings. The van der Waals surface area contributed by atoms with Crippen LogP contribution in [0.15, 0.2) is 54.1 Å². The van der Waals surface area contributed by atoms with Crippen molar-refractivity contribution in [1.82, 2.24) is 5.43 Å². The Kier molecular flexibility index (Phi) is 7.88. The number of benzene rings is 1. The van der Waals surface area contributed by atoms with Gasteiger partial charge in [0.1, 0.15) is 0 Å². The molecule has 0 fully saturated rings. The van der Waals surface area contributed by atoms with E-state index < -0.39 is 17.4 Å². The number of nitrogens with one attached hydrogen (secondary N) is 1. The Morgan fingerprint density at radius 1 is 1.25 bits per heavy atom. The maximum absolute atomic E-state index is 10.8. The topological polar surface area (TPSA) is 113 Å². The lowest BCUT2D eigenvalue weighted by Crippen LogP contribution is -2.28. The number of rotatable bonds is 6. The van der Waals surface area contributed by atoms with E-state index in [1.54, 1.807) is 0 Å². The van der Waals surface area contributed by atoms with E-state index in [0.717, 1.165) is 19.4 Å². The summed E-state index contributed by atoms with van der Waals surface area (Å²) in [4.78, 5) is 21.3. The third-order valence-electron chi connectivity index (χ3n) is 3.71. The zero-order valence-corrected chi connectivity index (χ0v) is 13.7. The molecule has 6 heteroatoms. The minimum atomic E-state index is -1.08. The van der Waals surface area contributed by atoms with E-state index >= 15 is 0 Å². The first kappa shape index (κ1) is 19.6. The highest BCUT2D eigenvalue weighted by Crippen LogP contribution is 2.31. The van der Waals surface area contributed by atoms with E-state index in [-0.39, 0.29) is 12.0 Å². The summed E-state index contributed by atoms with van der Waals surface area (Å²) < 4.78 is 0. The fourth-order valence-corrected chi connectivity index (χ4v) is 2.22. The molecule has 0 bridgehead atoms. The van der Waals surface area contributed by atoms with E-state index in [4.69, 9.17) is 16.1 Å². The van der Waals surface area contributed by atoms with Crippen LogP contribution >= 0.6 is 0 Å². The van der Waals surface area contributed by atoms with Gasteiger partial charge in [-0.25, -0.2) is 4.79 Å². The molecule has 6 nitrogen and oxygen atoms in total. The molecule has 0 aliphatic heterocycles. The highest BCUT2D eigenvalue weighted by molar-refractivity contribution is 5.90. The summed E-state index contributed by atoms with van der Waals surface area (Å²) in [6, 6.07) is 10.4. The summed E-state index contributed by atoms with van der Waals surface area (Å²) >= 11 is 0. The molecule has 2 rings (SSSR count). The summed E-state index contributed by atoms with van der Waals surface area (Å²) in [5.41, 5.74) is 3.07. The van der Waals surface area contributed by atoms with Crippen molar-refractivity contribution in [3.8, 4) is 0 Å². The number of aliphatic carboxylic acids is 2. The van der Waals surface area contributed by atoms with Crippen LogP contribution in [-0.2, 0) is 16.0 Å². The van der Waals surface area contributed by atoms with E-state index in [1.807, 2.05) is 6.07 Å². The van der Waals surface area contributed by atoms with Crippen molar-refractivity contribution in [2.24, 2.45) is 11.3 Å². The second kappa shape index (κ2) is 9.64. The zero-order valence-electron chi connectivity index (χ0n) is 13.7. The number of allylic oxidation sites excluding steroid dienone is 2. The highest BCUT2D eigenvalue weighted by Gasteiger charge is 2.34. The maximum Gasteiger partial charge on any atom is 0.331 e. The maximum atomic E-state index is 10.8. The molecule has 0 amide bonds. The lowest BCUT2D eigenvalue weighted by Gasteiger charge is -2.23. The molecule has 1 aromatic rings. The fraction of sp³-hybridized carbons (Fsp3) is 0.333. The van der Waals surface area contributed by atoms with Crippen molar-refractivity contribution in [2.75, 3.05) is 6.54 Å². The van der Waals surface area contributed by atoms with Crippen LogP contribution in [0.25, 0.3) is 0 Å². The van der Waals surface area contributed by atoms with Crippen LogP contribution < -0.4 is 11.3 Å². The largest absolute Gasteiger partial charge is 0.481 e. The van der Waals surface area contributed by atoms with Crippen molar-refractivity contribution in [3.63, 3.8) is 0 Å². The van der Waals surface area contributed by atoms with Gasteiger partial charge in [-0.15, -0.1) is 0 Å². The number of hydrogen-bond donors (Lipinski definition) is 4. The number of nitrogens with two attached hydrogens (primary N) is 1. The normalized spacial score (nSPS) is 19.0. The molecule has 5 N–H and O–H groups in total. The van der Waals surface area contributed by atoms with E-state index in [9.17, 15) is 9.59 Å². The van der Waals surface area contributed by atoms with Gasteiger partial charge in [-0.3, -0.25) is 16.1 Å². The van der Waals surface area contributed by atoms with E-state index in [2.05, 4.69) is 29.7 Å². The van der Waals surface area contributed by atoms with Gasteiger partial charge in [-0.05, 0) is 31.7 Å². The van der Waals surface area contributed by atoms with E-state index in [0.29, 0.717) is 0 Å². The molecule has 0 aromatic heterocycles. The average Bonchev–Trinajstić information content (AvgIpc) is 2.56. The Hall–Kier alpha value is -2.44. The lowest BCUT2D eigenvalue weighted by molar-refractivity contribution is -0.145. The van der Waals surface area contributed by atoms with Gasteiger partial charge in [0.2, 0.25) is 0 Å². The van der Waals surface area contributed by atoms with Crippen molar-refractivity contribution in [1.29, 1.82) is 0 Å². The third-order valence-corrected chi connectivity index (χ3v) is 3.71. The number of carboxylic acids is 2. The SMILES string of the molecule is CC1(C(=O)O)C=CC=C(C(=O)O)C1.NNCCCc1ccccc1. The molecule has 1 atom stereocenters. The van der Waals surface area contributed by atoms with Gasteiger partial charge in [0.15, 0.2) is 0 Å². The number of aryl methyl sites for hydroxylation is 1. The van der Waals surface area contributed by atoms with Crippen molar-refractivity contribution >= 4 is 11.9 Å². The molecule has 0 saturated heterocycles. The van der Waals surface area contributed by atoms with Crippen molar-refractivity contribution in [3.05, 3.63) is 59.7 Å². The number of hydrazine groups is 1. The van der Waals surface area contributed by atoms with Gasteiger partial charge in [-0.2, -0.15) is 0 Å². The predicted octanol–water partition coefficient (Wildman–Crippen LogP) is 2.13. The van der Waals surface area contributed by atoms with Gasteiger partial charge >= 0.3 is 11.9 Å². The standard InChI is InChI=1S/C9H14N2.C9H10O4/c10-11-8-4-7-9-5-2-1-3-6-9;1-9(8(12)13)4-2-3-6(5-9)7(10)11/h1-3,5-6,11H,4,7-8,10H2;2-4H,5H2,1H3,(H,10,11)(H,12,13). The Labute approximate surface area is 141 Å². The minimum Gasteiger partial charge on any atom is -0.481 e. The first-order valence-corrected chi connectivity index (χ1v) is 7.71. The predicted molar refractivity (Wildman–Crippen MR) is 92.2 cm³/mol. The fourth-order valence-electron chi connectivity index (χ4n) is 2.22. The van der Waals surface area contributed by atoms with Gasteiger partial charge < -0.3 is 10.2 Å². The minimum absolute atomic E-state index is 0.0359. The third kappa shape index (κ3) is 6.36. The Balaban J connectivity index is 0.000000243. The van der Waals surface area contributed by atoms with Crippen LogP contribution in [-0.4, -0.2) is 28.7 Å². The quantitative estimate of drug-likeness (QED) is 0.361. The molecule has 24 heavy (non-hydrogen) atoms. The van der Waals surface area contributed by atoms with Crippen LogP contribution in [0.2, 0.25) is 0 Å². The number of carboxylic acid groups (broad SMARTS) is 2. The lowest BCUT2D eigenvalue weighted by atomic mass is 9.80. The summed E-state index contributed by atoms with van der Waals surface area (Å²) in [5, 5.41) is 17.5. The highest BCUT2D eigenvalue weighted by atomic mass is 16.4. The summed E-state index contributed by atoms with van der Waals surface area (Å²) in [6.45, 7) is 2.39. The molecule has 0 saturated carbocycles. The molecule has 0 heterocycles. The van der Waals surface area contributed by atoms with Crippen molar-refractivity contribution in [2.45, 2.75) is 26.2 Å². The first-order chi connectivity index (χ1) is 11.4. The molecule has 1 aliphatic carbocycles. The molecule has 1 aromatic carbocycles. The summed E-state index contributed by atoms with van der Waals surface area (Å²) in [7, 11) is 0. The second-order valence-corrected chi connectivity index (χ2v) is 5.80. The van der Waals surface area contributed by atoms with Gasteiger partial charge in [-0.1, -0.05) is 48.6 Å². The van der Waals surface area contributed by atoms with Gasteiger partial charge in [0.05, 0.1) is 5.41 Å². The van der Waals surface area contributed by atoms with Crippen LogP contribution in [0.4, 0.5) is 0 Å². The Bertz CT molecular complexity index is 611.